The number of rotatable bonds is 12. The highest BCUT2D eigenvalue weighted by Crippen LogP contribution is 2.26. The molecular formula is C30H34ClN3O2. The number of nitrogens with zero attached hydrogens (tertiary/aromatic N) is 2. The van der Waals surface area contributed by atoms with Crippen molar-refractivity contribution in [1.29, 1.82) is 0 Å². The Hall–Kier alpha value is -3.31. The molecule has 0 fully saturated rings. The van der Waals surface area contributed by atoms with Gasteiger partial charge >= 0.3 is 0 Å². The van der Waals surface area contributed by atoms with E-state index in [1.165, 1.54) is 5.56 Å². The number of amides is 1. The molecule has 1 heterocycles. The molecule has 5 nitrogen and oxygen atoms in total. The fourth-order valence-electron chi connectivity index (χ4n) is 4.42. The average molecular weight is 504 g/mol. The summed E-state index contributed by atoms with van der Waals surface area (Å²) in [5.74, 6) is 2.37. The maximum Gasteiger partial charge on any atom is 0.251 e. The molecule has 0 saturated heterocycles. The molecule has 0 spiro atoms. The zero-order valence-corrected chi connectivity index (χ0v) is 21.8. The number of aromatic nitrogens is 2. The molecule has 4 aromatic rings. The Morgan fingerprint density at radius 1 is 1.00 bits per heavy atom. The molecule has 0 atom stereocenters. The van der Waals surface area contributed by atoms with E-state index in [-0.39, 0.29) is 5.91 Å². The molecular weight excluding hydrogens is 470 g/mol. The van der Waals surface area contributed by atoms with E-state index in [9.17, 15) is 4.79 Å². The first-order valence-corrected chi connectivity index (χ1v) is 13.1. The summed E-state index contributed by atoms with van der Waals surface area (Å²) in [5.41, 5.74) is 3.98. The molecule has 0 aliphatic heterocycles. The van der Waals surface area contributed by atoms with Crippen LogP contribution in [0.1, 0.15) is 60.8 Å². The molecule has 4 rings (SSSR count). The average Bonchev–Trinajstić information content (AvgIpc) is 3.23. The van der Waals surface area contributed by atoms with Gasteiger partial charge in [0.25, 0.3) is 5.91 Å². The van der Waals surface area contributed by atoms with E-state index in [2.05, 4.69) is 54.1 Å². The van der Waals surface area contributed by atoms with E-state index < -0.39 is 0 Å². The van der Waals surface area contributed by atoms with Crippen LogP contribution in [0.2, 0.25) is 5.02 Å². The largest absolute Gasteiger partial charge is 0.491 e. The second kappa shape index (κ2) is 12.6. The van der Waals surface area contributed by atoms with Crippen molar-refractivity contribution < 1.29 is 9.53 Å². The number of fused-ring (bicyclic) bond motifs is 1. The van der Waals surface area contributed by atoms with E-state index in [1.807, 2.05) is 18.2 Å². The van der Waals surface area contributed by atoms with Gasteiger partial charge in [-0.05, 0) is 60.7 Å². The monoisotopic (exact) mass is 503 g/mol. The van der Waals surface area contributed by atoms with Gasteiger partial charge in [-0.3, -0.25) is 4.79 Å². The lowest BCUT2D eigenvalue weighted by Crippen LogP contribution is -2.24. The van der Waals surface area contributed by atoms with Crippen LogP contribution in [0.3, 0.4) is 0 Å². The van der Waals surface area contributed by atoms with Gasteiger partial charge < -0.3 is 14.6 Å². The molecule has 3 aromatic carbocycles. The van der Waals surface area contributed by atoms with Crippen molar-refractivity contribution >= 4 is 28.5 Å². The Balaban J connectivity index is 1.29. The van der Waals surface area contributed by atoms with Gasteiger partial charge in [-0.15, -0.1) is 0 Å². The summed E-state index contributed by atoms with van der Waals surface area (Å²) in [6.45, 7) is 6.36. The molecule has 1 N–H and O–H groups in total. The number of carbonyl (C=O) groups excluding carboxylic acids is 1. The highest BCUT2D eigenvalue weighted by molar-refractivity contribution is 6.30. The lowest BCUT2D eigenvalue weighted by molar-refractivity contribution is 0.0953. The number of nitrogens with one attached hydrogen (secondary N) is 1. The van der Waals surface area contributed by atoms with Crippen molar-refractivity contribution in [2.75, 3.05) is 13.2 Å². The van der Waals surface area contributed by atoms with Gasteiger partial charge in [0, 0.05) is 23.6 Å². The maximum absolute atomic E-state index is 12.3. The Morgan fingerprint density at radius 3 is 2.64 bits per heavy atom. The zero-order valence-electron chi connectivity index (χ0n) is 21.0. The van der Waals surface area contributed by atoms with E-state index in [0.29, 0.717) is 29.7 Å². The quantitative estimate of drug-likeness (QED) is 0.211. The Bertz CT molecular complexity index is 1300. The van der Waals surface area contributed by atoms with Crippen LogP contribution in [0.4, 0.5) is 0 Å². The fraction of sp³-hybridized carbons (Fsp3) is 0.333. The minimum absolute atomic E-state index is 0.0849. The first-order chi connectivity index (χ1) is 17.5. The molecule has 188 valence electrons. The first kappa shape index (κ1) is 25.8. The van der Waals surface area contributed by atoms with Crippen molar-refractivity contribution in [3.05, 3.63) is 94.8 Å². The fourth-order valence-corrected chi connectivity index (χ4v) is 4.61. The Labute approximate surface area is 218 Å². The van der Waals surface area contributed by atoms with Gasteiger partial charge in [0.05, 0.1) is 17.6 Å². The van der Waals surface area contributed by atoms with Crippen molar-refractivity contribution in [1.82, 2.24) is 14.9 Å². The molecule has 0 saturated carbocycles. The van der Waals surface area contributed by atoms with E-state index in [1.54, 1.807) is 24.3 Å². The van der Waals surface area contributed by atoms with Crippen LogP contribution in [-0.2, 0) is 13.0 Å². The van der Waals surface area contributed by atoms with Crippen LogP contribution >= 0.6 is 11.6 Å². The topological polar surface area (TPSA) is 56.1 Å². The van der Waals surface area contributed by atoms with E-state index >= 15 is 0 Å². The summed E-state index contributed by atoms with van der Waals surface area (Å²) in [6.07, 6.45) is 3.83. The number of hydrogen-bond acceptors (Lipinski definition) is 3. The van der Waals surface area contributed by atoms with Crippen LogP contribution in [0.15, 0.2) is 72.8 Å². The summed E-state index contributed by atoms with van der Waals surface area (Å²) in [7, 11) is 0. The maximum atomic E-state index is 12.3. The molecule has 36 heavy (non-hydrogen) atoms. The number of ether oxygens (including phenoxy) is 1. The van der Waals surface area contributed by atoms with Gasteiger partial charge in [0.2, 0.25) is 0 Å². The second-order valence-electron chi connectivity index (χ2n) is 9.29. The number of carbonyl (C=O) groups is 1. The first-order valence-electron chi connectivity index (χ1n) is 12.7. The molecule has 0 unspecified atom stereocenters. The lowest BCUT2D eigenvalue weighted by Gasteiger charge is -2.15. The summed E-state index contributed by atoms with van der Waals surface area (Å²) < 4.78 is 8.49. The van der Waals surface area contributed by atoms with Crippen LogP contribution in [0.5, 0.6) is 5.75 Å². The highest BCUT2D eigenvalue weighted by Gasteiger charge is 2.12. The summed E-state index contributed by atoms with van der Waals surface area (Å²) >= 11 is 5.98. The van der Waals surface area contributed by atoms with Crippen molar-refractivity contribution in [2.45, 2.75) is 52.0 Å². The third-order valence-corrected chi connectivity index (χ3v) is 6.53. The summed E-state index contributed by atoms with van der Waals surface area (Å²) in [5, 5.41) is 3.55. The molecule has 0 aliphatic rings. The number of hydrogen-bond donors (Lipinski definition) is 1. The third-order valence-electron chi connectivity index (χ3n) is 6.30. The summed E-state index contributed by atoms with van der Waals surface area (Å²) in [6, 6.07) is 23.6. The number of halogens is 1. The Kier molecular flexibility index (Phi) is 9.01. The minimum Gasteiger partial charge on any atom is -0.491 e. The van der Waals surface area contributed by atoms with Crippen LogP contribution in [0, 0.1) is 0 Å². The molecule has 0 aliphatic carbocycles. The second-order valence-corrected chi connectivity index (χ2v) is 9.72. The minimum atomic E-state index is -0.0849. The van der Waals surface area contributed by atoms with Gasteiger partial charge in [0.15, 0.2) is 0 Å². The number of para-hydroxylation sites is 3. The SMILES string of the molecule is CC(C)c1ccccc1OCCn1c(CCCCCNC(=O)c2cccc(Cl)c2)nc2ccccc21. The molecule has 0 bridgehead atoms. The van der Waals surface area contributed by atoms with Crippen molar-refractivity contribution in [3.63, 3.8) is 0 Å². The van der Waals surface area contributed by atoms with Crippen molar-refractivity contribution in [3.8, 4) is 5.75 Å². The number of benzene rings is 3. The predicted molar refractivity (Wildman–Crippen MR) is 147 cm³/mol. The summed E-state index contributed by atoms with van der Waals surface area (Å²) in [4.78, 5) is 17.2. The number of unbranched alkanes of at least 4 members (excludes halogenated alkanes) is 2. The smallest absolute Gasteiger partial charge is 0.251 e. The van der Waals surface area contributed by atoms with Crippen LogP contribution in [0.25, 0.3) is 11.0 Å². The Morgan fingerprint density at radius 2 is 1.81 bits per heavy atom. The van der Waals surface area contributed by atoms with Gasteiger partial charge in [0.1, 0.15) is 18.2 Å². The molecule has 1 aromatic heterocycles. The normalized spacial score (nSPS) is 11.2. The van der Waals surface area contributed by atoms with Crippen LogP contribution in [-0.4, -0.2) is 28.6 Å². The third kappa shape index (κ3) is 6.67. The zero-order chi connectivity index (χ0) is 25.3. The molecule has 6 heteroatoms. The highest BCUT2D eigenvalue weighted by atomic mass is 35.5. The number of aryl methyl sites for hydroxylation is 1. The molecule has 0 radical (unpaired) electrons. The lowest BCUT2D eigenvalue weighted by atomic mass is 10.0. The van der Waals surface area contributed by atoms with Crippen molar-refractivity contribution in [2.24, 2.45) is 0 Å². The number of imidazole rings is 1. The van der Waals surface area contributed by atoms with Gasteiger partial charge in [-0.1, -0.05) is 68.3 Å². The van der Waals surface area contributed by atoms with Crippen LogP contribution < -0.4 is 10.1 Å². The van der Waals surface area contributed by atoms with Gasteiger partial charge in [-0.2, -0.15) is 0 Å². The van der Waals surface area contributed by atoms with Gasteiger partial charge in [-0.25, -0.2) is 4.98 Å². The van der Waals surface area contributed by atoms with E-state index in [0.717, 1.165) is 54.8 Å². The van der Waals surface area contributed by atoms with E-state index in [4.69, 9.17) is 21.3 Å². The predicted octanol–water partition coefficient (Wildman–Crippen LogP) is 7.03. The molecule has 1 amide bonds. The standard InChI is InChI=1S/C30H34ClN3O2/c1-22(2)25-13-5-8-16-28(25)36-20-19-34-27-15-7-6-14-26(27)33-29(34)17-4-3-9-18-32-30(35)23-11-10-12-24(31)21-23/h5-8,10-16,21-22H,3-4,9,17-20H2,1-2H3,(H,32,35).